The summed E-state index contributed by atoms with van der Waals surface area (Å²) in [6.07, 6.45) is -4.62. The van der Waals surface area contributed by atoms with Gasteiger partial charge in [-0.05, 0) is 42.0 Å². The molecule has 0 aliphatic rings. The van der Waals surface area contributed by atoms with Crippen LogP contribution in [0.5, 0.6) is 17.2 Å². The van der Waals surface area contributed by atoms with Crippen molar-refractivity contribution in [2.75, 3.05) is 14.2 Å². The van der Waals surface area contributed by atoms with Gasteiger partial charge in [0, 0.05) is 21.5 Å². The molecule has 0 amide bonds. The summed E-state index contributed by atoms with van der Waals surface area (Å²) < 4.78 is 74.5. The SMILES string of the molecule is COc1cccc(OC)c1OCc1cccc(-c2c3cccc(C(F)(F)F)c3nn2Cc2ccc(Cl)cc2F)c1. The predicted molar refractivity (Wildman–Crippen MR) is 145 cm³/mol. The average molecular weight is 571 g/mol. The highest BCUT2D eigenvalue weighted by atomic mass is 35.5. The third kappa shape index (κ3) is 5.42. The number of ether oxygens (including phenoxy) is 3. The number of benzene rings is 4. The van der Waals surface area contributed by atoms with Gasteiger partial charge in [0.25, 0.3) is 0 Å². The van der Waals surface area contributed by atoms with E-state index in [1.807, 2.05) is 6.07 Å². The van der Waals surface area contributed by atoms with E-state index in [0.29, 0.717) is 28.5 Å². The number of fused-ring (bicyclic) bond motifs is 1. The standard InChI is InChI=1S/C30H23ClF4N2O3/c1-38-25-10-5-11-26(39-2)29(25)40-17-18-6-3-7-19(14-18)28-22-8-4-9-23(30(33,34)35)27(22)36-37(28)16-20-12-13-21(31)15-24(20)32/h3-15H,16-17H2,1-2H3. The third-order valence-electron chi connectivity index (χ3n) is 6.38. The molecular formula is C30H23ClF4N2O3. The second kappa shape index (κ2) is 11.1. The van der Waals surface area contributed by atoms with Gasteiger partial charge in [0.05, 0.1) is 32.0 Å². The summed E-state index contributed by atoms with van der Waals surface area (Å²) in [5.41, 5.74) is 0.867. The average Bonchev–Trinajstić information content (AvgIpc) is 3.30. The fourth-order valence-corrected chi connectivity index (χ4v) is 4.69. The van der Waals surface area contributed by atoms with Crippen LogP contribution in [0.4, 0.5) is 17.6 Å². The third-order valence-corrected chi connectivity index (χ3v) is 6.61. The summed E-state index contributed by atoms with van der Waals surface area (Å²) in [7, 11) is 3.04. The number of para-hydroxylation sites is 1. The van der Waals surface area contributed by atoms with Crippen molar-refractivity contribution in [1.29, 1.82) is 0 Å². The van der Waals surface area contributed by atoms with Crippen LogP contribution in [-0.4, -0.2) is 24.0 Å². The van der Waals surface area contributed by atoms with Crippen LogP contribution < -0.4 is 14.2 Å². The maximum atomic E-state index is 14.7. The monoisotopic (exact) mass is 570 g/mol. The molecule has 0 saturated carbocycles. The van der Waals surface area contributed by atoms with E-state index in [4.69, 9.17) is 25.8 Å². The van der Waals surface area contributed by atoms with Crippen LogP contribution >= 0.6 is 11.6 Å². The van der Waals surface area contributed by atoms with Gasteiger partial charge >= 0.3 is 6.18 Å². The smallest absolute Gasteiger partial charge is 0.418 e. The zero-order valence-electron chi connectivity index (χ0n) is 21.4. The Morgan fingerprint density at radius 2 is 1.57 bits per heavy atom. The number of aromatic nitrogens is 2. The number of halogens is 5. The van der Waals surface area contributed by atoms with E-state index < -0.39 is 17.6 Å². The predicted octanol–water partition coefficient (Wildman–Crippen LogP) is 8.16. The molecule has 10 heteroatoms. The highest BCUT2D eigenvalue weighted by molar-refractivity contribution is 6.30. The normalized spacial score (nSPS) is 11.6. The van der Waals surface area contributed by atoms with Crippen molar-refractivity contribution in [3.05, 3.63) is 106 Å². The number of rotatable bonds is 8. The Balaban J connectivity index is 1.59. The highest BCUT2D eigenvalue weighted by Gasteiger charge is 2.34. The van der Waals surface area contributed by atoms with Crippen LogP contribution in [-0.2, 0) is 19.3 Å². The molecule has 0 spiro atoms. The van der Waals surface area contributed by atoms with Gasteiger partial charge in [0.15, 0.2) is 11.5 Å². The zero-order valence-corrected chi connectivity index (χ0v) is 22.2. The van der Waals surface area contributed by atoms with E-state index in [2.05, 4.69) is 5.10 Å². The Hall–Kier alpha value is -4.24. The first-order valence-electron chi connectivity index (χ1n) is 12.1. The maximum Gasteiger partial charge on any atom is 0.418 e. The summed E-state index contributed by atoms with van der Waals surface area (Å²) in [6, 6.07) is 20.5. The molecule has 1 heterocycles. The molecule has 5 rings (SSSR count). The second-order valence-electron chi connectivity index (χ2n) is 8.92. The van der Waals surface area contributed by atoms with Gasteiger partial charge in [-0.1, -0.05) is 54.1 Å². The Morgan fingerprint density at radius 1 is 0.875 bits per heavy atom. The van der Waals surface area contributed by atoms with Crippen molar-refractivity contribution in [3.63, 3.8) is 0 Å². The maximum absolute atomic E-state index is 14.7. The fraction of sp³-hybridized carbons (Fsp3) is 0.167. The number of alkyl halides is 3. The van der Waals surface area contributed by atoms with Crippen LogP contribution in [0.1, 0.15) is 16.7 Å². The summed E-state index contributed by atoms with van der Waals surface area (Å²) in [6.45, 7) is 0.0136. The van der Waals surface area contributed by atoms with E-state index in [0.717, 1.165) is 17.7 Å². The van der Waals surface area contributed by atoms with Gasteiger partial charge in [-0.2, -0.15) is 18.3 Å². The fourth-order valence-electron chi connectivity index (χ4n) is 4.53. The lowest BCUT2D eigenvalue weighted by Gasteiger charge is -2.15. The molecule has 0 aliphatic carbocycles. The number of hydrogen-bond donors (Lipinski definition) is 0. The van der Waals surface area contributed by atoms with Crippen molar-refractivity contribution in [2.45, 2.75) is 19.3 Å². The van der Waals surface area contributed by atoms with Gasteiger partial charge in [0.2, 0.25) is 5.75 Å². The quantitative estimate of drug-likeness (QED) is 0.177. The molecule has 0 N–H and O–H groups in total. The first-order valence-corrected chi connectivity index (χ1v) is 12.5. The van der Waals surface area contributed by atoms with Crippen molar-refractivity contribution < 1.29 is 31.8 Å². The summed E-state index contributed by atoms with van der Waals surface area (Å²) >= 11 is 5.90. The zero-order chi connectivity index (χ0) is 28.4. The lowest BCUT2D eigenvalue weighted by atomic mass is 10.0. The van der Waals surface area contributed by atoms with Gasteiger partial charge in [-0.15, -0.1) is 0 Å². The Bertz CT molecular complexity index is 1660. The molecule has 5 aromatic rings. The van der Waals surface area contributed by atoms with E-state index >= 15 is 0 Å². The van der Waals surface area contributed by atoms with Crippen LogP contribution in [0.2, 0.25) is 5.02 Å². The van der Waals surface area contributed by atoms with Gasteiger partial charge in [-0.3, -0.25) is 4.68 Å². The number of hydrogen-bond acceptors (Lipinski definition) is 4. The Morgan fingerprint density at radius 3 is 2.25 bits per heavy atom. The minimum absolute atomic E-state index is 0.108. The van der Waals surface area contributed by atoms with Crippen molar-refractivity contribution >= 4 is 22.5 Å². The molecule has 0 unspecified atom stereocenters. The molecule has 0 aliphatic heterocycles. The molecule has 0 fully saturated rings. The lowest BCUT2D eigenvalue weighted by molar-refractivity contribution is -0.136. The summed E-state index contributed by atoms with van der Waals surface area (Å²) in [4.78, 5) is 0. The second-order valence-corrected chi connectivity index (χ2v) is 9.36. The van der Waals surface area contributed by atoms with Crippen LogP contribution in [0.3, 0.4) is 0 Å². The minimum Gasteiger partial charge on any atom is -0.493 e. The van der Waals surface area contributed by atoms with Crippen molar-refractivity contribution in [1.82, 2.24) is 9.78 Å². The Labute approximate surface area is 232 Å². The summed E-state index contributed by atoms with van der Waals surface area (Å²) in [5, 5.41) is 4.82. The van der Waals surface area contributed by atoms with E-state index in [1.165, 1.54) is 37.1 Å². The molecule has 0 radical (unpaired) electrons. The van der Waals surface area contributed by atoms with Gasteiger partial charge in [-0.25, -0.2) is 4.39 Å². The molecule has 1 aromatic heterocycles. The molecular weight excluding hydrogens is 548 g/mol. The molecule has 206 valence electrons. The molecule has 5 nitrogen and oxygen atoms in total. The molecule has 40 heavy (non-hydrogen) atoms. The van der Waals surface area contributed by atoms with Crippen LogP contribution in [0, 0.1) is 5.82 Å². The highest BCUT2D eigenvalue weighted by Crippen LogP contribution is 2.40. The van der Waals surface area contributed by atoms with E-state index in [1.54, 1.807) is 42.5 Å². The molecule has 0 atom stereocenters. The number of nitrogens with zero attached hydrogens (tertiary/aromatic N) is 2. The first kappa shape index (κ1) is 27.3. The topological polar surface area (TPSA) is 45.5 Å². The Kier molecular flexibility index (Phi) is 7.58. The van der Waals surface area contributed by atoms with Crippen molar-refractivity contribution in [3.8, 4) is 28.5 Å². The van der Waals surface area contributed by atoms with E-state index in [-0.39, 0.29) is 34.6 Å². The molecule has 4 aromatic carbocycles. The summed E-state index contributed by atoms with van der Waals surface area (Å²) in [5.74, 6) is 0.817. The van der Waals surface area contributed by atoms with Crippen molar-refractivity contribution in [2.24, 2.45) is 0 Å². The van der Waals surface area contributed by atoms with E-state index in [9.17, 15) is 17.6 Å². The number of methoxy groups -OCH3 is 2. The first-order chi connectivity index (χ1) is 19.2. The molecule has 0 saturated heterocycles. The minimum atomic E-state index is -4.62. The largest absolute Gasteiger partial charge is 0.493 e. The molecule has 0 bridgehead atoms. The van der Waals surface area contributed by atoms with Crippen LogP contribution in [0.25, 0.3) is 22.2 Å². The van der Waals surface area contributed by atoms with Gasteiger partial charge in [0.1, 0.15) is 17.9 Å². The van der Waals surface area contributed by atoms with Gasteiger partial charge < -0.3 is 14.2 Å². The lowest BCUT2D eigenvalue weighted by Crippen LogP contribution is -2.07. The van der Waals surface area contributed by atoms with Crippen LogP contribution in [0.15, 0.2) is 78.9 Å².